The standard InChI is InChI=1S/C22H34N4O3/c1-13(2)29-22(28)25-11-15(4)26(16(5)27)21-20(25)9-17(10-23-21)18-8-14(3)24(12-18)19-6-7-19/h8,12-13,15,17,19-21,23H,6-7,9-11H2,1-5H3/t15-,17?,20?,21?/m0/s1. The second kappa shape index (κ2) is 7.67. The molecule has 3 fully saturated rings. The Labute approximate surface area is 173 Å². The smallest absolute Gasteiger partial charge is 0.410 e. The van der Waals surface area contributed by atoms with E-state index in [1.165, 1.54) is 24.1 Å². The number of aromatic nitrogens is 1. The van der Waals surface area contributed by atoms with Gasteiger partial charge in [-0.15, -0.1) is 0 Å². The maximum absolute atomic E-state index is 12.9. The molecule has 0 bridgehead atoms. The Kier molecular flexibility index (Phi) is 5.36. The summed E-state index contributed by atoms with van der Waals surface area (Å²) in [6, 6.07) is 2.81. The molecule has 4 atom stereocenters. The summed E-state index contributed by atoms with van der Waals surface area (Å²) in [5.74, 6) is 0.359. The number of piperazine rings is 1. The van der Waals surface area contributed by atoms with Crippen LogP contribution in [0.15, 0.2) is 12.3 Å². The molecule has 3 heterocycles. The van der Waals surface area contributed by atoms with E-state index in [0.29, 0.717) is 18.5 Å². The number of hydrogen-bond acceptors (Lipinski definition) is 4. The van der Waals surface area contributed by atoms with Gasteiger partial charge in [0.05, 0.1) is 12.1 Å². The van der Waals surface area contributed by atoms with Gasteiger partial charge in [0.1, 0.15) is 6.17 Å². The van der Waals surface area contributed by atoms with Crippen molar-refractivity contribution >= 4 is 12.0 Å². The van der Waals surface area contributed by atoms with E-state index >= 15 is 0 Å². The van der Waals surface area contributed by atoms with Gasteiger partial charge >= 0.3 is 6.09 Å². The first-order valence-corrected chi connectivity index (χ1v) is 10.9. The van der Waals surface area contributed by atoms with E-state index in [2.05, 4.69) is 29.1 Å². The summed E-state index contributed by atoms with van der Waals surface area (Å²) in [6.07, 6.45) is 5.05. The molecule has 7 heteroatoms. The third-order valence-electron chi connectivity index (χ3n) is 6.52. The first kappa shape index (κ1) is 20.3. The molecule has 1 aliphatic carbocycles. The Hall–Kier alpha value is -2.02. The van der Waals surface area contributed by atoms with E-state index < -0.39 is 0 Å². The first-order chi connectivity index (χ1) is 13.8. The molecule has 1 aromatic heterocycles. The van der Waals surface area contributed by atoms with E-state index in [-0.39, 0.29) is 36.4 Å². The first-order valence-electron chi connectivity index (χ1n) is 10.9. The number of aryl methyl sites for hydroxylation is 1. The summed E-state index contributed by atoms with van der Waals surface area (Å²) in [7, 11) is 0. The molecule has 0 radical (unpaired) electrons. The lowest BCUT2D eigenvalue weighted by atomic mass is 9.85. The molecule has 0 spiro atoms. The Balaban J connectivity index is 1.59. The highest BCUT2D eigenvalue weighted by molar-refractivity contribution is 5.75. The minimum atomic E-state index is -0.278. The zero-order valence-corrected chi connectivity index (χ0v) is 18.2. The highest BCUT2D eigenvalue weighted by atomic mass is 16.6. The zero-order chi connectivity index (χ0) is 20.9. The van der Waals surface area contributed by atoms with Crippen LogP contribution in [-0.4, -0.2) is 63.8 Å². The van der Waals surface area contributed by atoms with Crippen molar-refractivity contribution in [1.29, 1.82) is 0 Å². The number of nitrogens with zero attached hydrogens (tertiary/aromatic N) is 3. The van der Waals surface area contributed by atoms with Gasteiger partial charge in [0.2, 0.25) is 5.91 Å². The lowest BCUT2D eigenvalue weighted by molar-refractivity contribution is -0.143. The predicted octanol–water partition coefficient (Wildman–Crippen LogP) is 3.00. The van der Waals surface area contributed by atoms with Gasteiger partial charge < -0.3 is 14.2 Å². The molecule has 1 N–H and O–H groups in total. The number of carbonyl (C=O) groups is 2. The molecule has 160 valence electrons. The van der Waals surface area contributed by atoms with Gasteiger partial charge in [-0.25, -0.2) is 4.79 Å². The van der Waals surface area contributed by atoms with Crippen LogP contribution >= 0.6 is 0 Å². The maximum Gasteiger partial charge on any atom is 0.410 e. The molecule has 29 heavy (non-hydrogen) atoms. The highest BCUT2D eigenvalue weighted by Gasteiger charge is 2.47. The third kappa shape index (κ3) is 3.89. The van der Waals surface area contributed by atoms with Gasteiger partial charge in [0.15, 0.2) is 0 Å². The van der Waals surface area contributed by atoms with Crippen molar-refractivity contribution in [1.82, 2.24) is 19.7 Å². The van der Waals surface area contributed by atoms with Crippen LogP contribution < -0.4 is 5.32 Å². The molecule has 1 saturated carbocycles. The number of rotatable bonds is 3. The Bertz CT molecular complexity index is 785. The van der Waals surface area contributed by atoms with Gasteiger partial charge in [-0.2, -0.15) is 0 Å². The SMILES string of the molecule is CC(=O)N1C2NCC(c3cc(C)n(C4CC4)c3)CC2N(C(=O)OC(C)C)C[C@@H]1C. The minimum Gasteiger partial charge on any atom is -0.447 e. The molecule has 0 aromatic carbocycles. The zero-order valence-electron chi connectivity index (χ0n) is 18.2. The van der Waals surface area contributed by atoms with Crippen LogP contribution in [0.25, 0.3) is 0 Å². The molecule has 2 saturated heterocycles. The van der Waals surface area contributed by atoms with Crippen molar-refractivity contribution in [2.75, 3.05) is 13.1 Å². The van der Waals surface area contributed by atoms with Crippen molar-refractivity contribution in [2.45, 2.75) is 90.2 Å². The van der Waals surface area contributed by atoms with Crippen LogP contribution in [0.4, 0.5) is 4.79 Å². The Morgan fingerprint density at radius 2 is 2.00 bits per heavy atom. The van der Waals surface area contributed by atoms with Crippen LogP contribution in [0, 0.1) is 6.92 Å². The fourth-order valence-electron chi connectivity index (χ4n) is 5.09. The van der Waals surface area contributed by atoms with Crippen LogP contribution in [0.1, 0.15) is 70.2 Å². The van der Waals surface area contributed by atoms with Crippen molar-refractivity contribution in [3.05, 3.63) is 23.5 Å². The maximum atomic E-state index is 12.9. The monoisotopic (exact) mass is 402 g/mol. The van der Waals surface area contributed by atoms with Gasteiger partial charge in [-0.3, -0.25) is 15.0 Å². The van der Waals surface area contributed by atoms with Crippen molar-refractivity contribution in [2.24, 2.45) is 0 Å². The van der Waals surface area contributed by atoms with Gasteiger partial charge in [0, 0.05) is 49.9 Å². The molecule has 3 aliphatic rings. The molecule has 1 aromatic rings. The number of hydrogen-bond donors (Lipinski definition) is 1. The van der Waals surface area contributed by atoms with Crippen LogP contribution in [0.5, 0.6) is 0 Å². The van der Waals surface area contributed by atoms with E-state index in [9.17, 15) is 9.59 Å². The number of nitrogens with one attached hydrogen (secondary N) is 1. The fourth-order valence-corrected chi connectivity index (χ4v) is 5.09. The minimum absolute atomic E-state index is 0.0456. The predicted molar refractivity (Wildman–Crippen MR) is 111 cm³/mol. The van der Waals surface area contributed by atoms with Gasteiger partial charge in [0.25, 0.3) is 0 Å². The van der Waals surface area contributed by atoms with Crippen molar-refractivity contribution in [3.63, 3.8) is 0 Å². The summed E-state index contributed by atoms with van der Waals surface area (Å²) in [4.78, 5) is 28.9. The topological polar surface area (TPSA) is 66.8 Å². The molecular formula is C22H34N4O3. The number of carbonyl (C=O) groups excluding carboxylic acids is 2. The molecule has 2 aliphatic heterocycles. The molecule has 4 rings (SSSR count). The van der Waals surface area contributed by atoms with E-state index in [4.69, 9.17) is 4.74 Å². The summed E-state index contributed by atoms with van der Waals surface area (Å²) < 4.78 is 7.94. The molecule has 7 nitrogen and oxygen atoms in total. The van der Waals surface area contributed by atoms with Gasteiger partial charge in [-0.1, -0.05) is 0 Å². The van der Waals surface area contributed by atoms with E-state index in [0.717, 1.165) is 13.0 Å². The largest absolute Gasteiger partial charge is 0.447 e. The Morgan fingerprint density at radius 1 is 1.28 bits per heavy atom. The average molecular weight is 403 g/mol. The molecule has 2 amide bonds. The van der Waals surface area contributed by atoms with Gasteiger partial charge in [-0.05, 0) is 58.6 Å². The number of amides is 2. The average Bonchev–Trinajstić information content (AvgIpc) is 3.41. The second-order valence-electron chi connectivity index (χ2n) is 9.27. The Morgan fingerprint density at radius 3 is 2.62 bits per heavy atom. The van der Waals surface area contributed by atoms with Crippen LogP contribution in [0.2, 0.25) is 0 Å². The normalized spacial score (nSPS) is 29.7. The van der Waals surface area contributed by atoms with Crippen LogP contribution in [-0.2, 0) is 9.53 Å². The summed E-state index contributed by atoms with van der Waals surface area (Å²) >= 11 is 0. The number of ether oxygens (including phenoxy) is 1. The van der Waals surface area contributed by atoms with Crippen molar-refractivity contribution < 1.29 is 14.3 Å². The second-order valence-corrected chi connectivity index (χ2v) is 9.27. The third-order valence-corrected chi connectivity index (χ3v) is 6.52. The summed E-state index contributed by atoms with van der Waals surface area (Å²) in [5.41, 5.74) is 2.63. The molecule has 3 unspecified atom stereocenters. The number of piperidine rings is 1. The lowest BCUT2D eigenvalue weighted by Gasteiger charge is -2.53. The highest BCUT2D eigenvalue weighted by Crippen LogP contribution is 2.39. The molecular weight excluding hydrogens is 368 g/mol. The van der Waals surface area contributed by atoms with E-state index in [1.54, 1.807) is 6.92 Å². The van der Waals surface area contributed by atoms with E-state index in [1.807, 2.05) is 30.6 Å². The van der Waals surface area contributed by atoms with Crippen molar-refractivity contribution in [3.8, 4) is 0 Å². The summed E-state index contributed by atoms with van der Waals surface area (Å²) in [6.45, 7) is 10.8. The van der Waals surface area contributed by atoms with Crippen LogP contribution in [0.3, 0.4) is 0 Å². The fraction of sp³-hybridized carbons (Fsp3) is 0.727. The summed E-state index contributed by atoms with van der Waals surface area (Å²) in [5, 5.41) is 3.59. The lowest BCUT2D eigenvalue weighted by Crippen LogP contribution is -2.72. The number of fused-ring (bicyclic) bond motifs is 1. The quantitative estimate of drug-likeness (QED) is 0.844.